The fourth-order valence-corrected chi connectivity index (χ4v) is 1.58. The number of rotatable bonds is 4. The molecule has 1 rings (SSSR count). The highest BCUT2D eigenvalue weighted by Gasteiger charge is 2.04. The van der Waals surface area contributed by atoms with Crippen molar-refractivity contribution in [1.29, 1.82) is 0 Å². The van der Waals surface area contributed by atoms with Gasteiger partial charge in [0.2, 0.25) is 0 Å². The average molecular weight is 274 g/mol. The first-order valence-corrected chi connectivity index (χ1v) is 5.63. The fourth-order valence-electron chi connectivity index (χ4n) is 1.35. The van der Waals surface area contributed by atoms with E-state index >= 15 is 0 Å². The Labute approximate surface area is 98.3 Å². The molecular weight excluding hydrogens is 258 g/mol. The minimum absolute atomic E-state index is 0.221. The molecule has 0 bridgehead atoms. The molecule has 0 saturated heterocycles. The Morgan fingerprint density at radius 2 is 1.87 bits per heavy atom. The summed E-state index contributed by atoms with van der Waals surface area (Å²) in [4.78, 5) is 0. The van der Waals surface area contributed by atoms with Gasteiger partial charge in [0.1, 0.15) is 0 Å². The molecule has 1 atom stereocenters. The molecule has 3 N–H and O–H groups in total. The van der Waals surface area contributed by atoms with Crippen LogP contribution >= 0.6 is 15.9 Å². The minimum Gasteiger partial charge on any atom is -0.394 e. The summed E-state index contributed by atoms with van der Waals surface area (Å²) < 4.78 is 1.11. The molecule has 0 radical (unpaired) electrons. The van der Waals surface area contributed by atoms with Crippen LogP contribution in [-0.2, 0) is 0 Å². The van der Waals surface area contributed by atoms with Gasteiger partial charge in [0, 0.05) is 16.7 Å². The molecule has 0 fully saturated rings. The van der Waals surface area contributed by atoms with Crippen LogP contribution in [0.15, 0.2) is 16.6 Å². The standard InChI is InChI=1S/C11H16BrNO2/c1-7-3-9(4-8(2)11(7)12)13-5-10(15)6-14/h3-4,10,13-15H,5-6H2,1-2H3. The van der Waals surface area contributed by atoms with Crippen LogP contribution in [0.1, 0.15) is 11.1 Å². The van der Waals surface area contributed by atoms with Crippen molar-refractivity contribution in [3.05, 3.63) is 27.7 Å². The molecule has 0 amide bonds. The molecule has 1 aromatic carbocycles. The van der Waals surface area contributed by atoms with Gasteiger partial charge in [-0.25, -0.2) is 0 Å². The van der Waals surface area contributed by atoms with Gasteiger partial charge < -0.3 is 15.5 Å². The van der Waals surface area contributed by atoms with Gasteiger partial charge >= 0.3 is 0 Å². The second-order valence-electron chi connectivity index (χ2n) is 3.64. The van der Waals surface area contributed by atoms with E-state index in [0.717, 1.165) is 21.3 Å². The van der Waals surface area contributed by atoms with Gasteiger partial charge in [-0.2, -0.15) is 0 Å². The van der Waals surface area contributed by atoms with E-state index in [1.165, 1.54) is 0 Å². The quantitative estimate of drug-likeness (QED) is 0.785. The largest absolute Gasteiger partial charge is 0.394 e. The van der Waals surface area contributed by atoms with Crippen molar-refractivity contribution in [3.8, 4) is 0 Å². The maximum Gasteiger partial charge on any atom is 0.0942 e. The van der Waals surface area contributed by atoms with E-state index in [2.05, 4.69) is 21.2 Å². The summed E-state index contributed by atoms with van der Waals surface area (Å²) in [7, 11) is 0. The number of hydrogen-bond acceptors (Lipinski definition) is 3. The summed E-state index contributed by atoms with van der Waals surface area (Å²) in [6.45, 7) is 4.17. The number of aryl methyl sites for hydroxylation is 2. The van der Waals surface area contributed by atoms with Crippen molar-refractivity contribution < 1.29 is 10.2 Å². The third kappa shape index (κ3) is 3.48. The van der Waals surface area contributed by atoms with Crippen molar-refractivity contribution in [2.24, 2.45) is 0 Å². The van der Waals surface area contributed by atoms with Crippen LogP contribution in [0.3, 0.4) is 0 Å². The minimum atomic E-state index is -0.714. The Kier molecular flexibility index (Phi) is 4.57. The van der Waals surface area contributed by atoms with Gasteiger partial charge in [-0.3, -0.25) is 0 Å². The normalized spacial score (nSPS) is 12.6. The van der Waals surface area contributed by atoms with Crippen LogP contribution in [0, 0.1) is 13.8 Å². The van der Waals surface area contributed by atoms with Gasteiger partial charge in [0.05, 0.1) is 12.7 Å². The van der Waals surface area contributed by atoms with E-state index in [1.54, 1.807) is 0 Å². The fraction of sp³-hybridized carbons (Fsp3) is 0.455. The molecule has 15 heavy (non-hydrogen) atoms. The van der Waals surface area contributed by atoms with Crippen LogP contribution in [0.25, 0.3) is 0 Å². The molecule has 0 aliphatic carbocycles. The summed E-state index contributed by atoms with van der Waals surface area (Å²) in [5, 5.41) is 20.9. The molecule has 0 aliphatic heterocycles. The number of nitrogens with one attached hydrogen (secondary N) is 1. The first kappa shape index (κ1) is 12.5. The van der Waals surface area contributed by atoms with Crippen LogP contribution in [-0.4, -0.2) is 29.5 Å². The highest BCUT2D eigenvalue weighted by atomic mass is 79.9. The lowest BCUT2D eigenvalue weighted by atomic mass is 10.1. The summed E-state index contributed by atoms with van der Waals surface area (Å²) in [6.07, 6.45) is -0.714. The first-order valence-electron chi connectivity index (χ1n) is 4.84. The van der Waals surface area contributed by atoms with E-state index in [9.17, 15) is 5.11 Å². The van der Waals surface area contributed by atoms with Gasteiger partial charge in [0.15, 0.2) is 0 Å². The van der Waals surface area contributed by atoms with Crippen LogP contribution in [0.4, 0.5) is 5.69 Å². The zero-order valence-corrected chi connectivity index (χ0v) is 10.5. The third-order valence-corrected chi connectivity index (χ3v) is 3.44. The Morgan fingerprint density at radius 3 is 2.33 bits per heavy atom. The number of halogens is 1. The highest BCUT2D eigenvalue weighted by Crippen LogP contribution is 2.24. The topological polar surface area (TPSA) is 52.5 Å². The molecular formula is C11H16BrNO2. The zero-order chi connectivity index (χ0) is 11.4. The predicted molar refractivity (Wildman–Crippen MR) is 65.2 cm³/mol. The number of anilines is 1. The summed E-state index contributed by atoms with van der Waals surface area (Å²) >= 11 is 3.49. The van der Waals surface area contributed by atoms with Crippen LogP contribution in [0.2, 0.25) is 0 Å². The first-order chi connectivity index (χ1) is 7.04. The second-order valence-corrected chi connectivity index (χ2v) is 4.43. The van der Waals surface area contributed by atoms with E-state index in [-0.39, 0.29) is 6.61 Å². The Hall–Kier alpha value is -0.580. The summed E-state index contributed by atoms with van der Waals surface area (Å²) in [6, 6.07) is 4.00. The van der Waals surface area contributed by atoms with Gasteiger partial charge in [-0.05, 0) is 37.1 Å². The van der Waals surface area contributed by atoms with Crippen LogP contribution < -0.4 is 5.32 Å². The summed E-state index contributed by atoms with van der Waals surface area (Å²) in [5.41, 5.74) is 3.26. The number of hydrogen-bond donors (Lipinski definition) is 3. The third-order valence-electron chi connectivity index (χ3n) is 2.19. The molecule has 0 spiro atoms. The molecule has 0 aliphatic rings. The SMILES string of the molecule is Cc1cc(NCC(O)CO)cc(C)c1Br. The molecule has 0 aromatic heterocycles. The van der Waals surface area contributed by atoms with E-state index < -0.39 is 6.10 Å². The number of benzene rings is 1. The van der Waals surface area contributed by atoms with Gasteiger partial charge in [-0.15, -0.1) is 0 Å². The van der Waals surface area contributed by atoms with Crippen molar-refractivity contribution >= 4 is 21.6 Å². The maximum atomic E-state index is 9.19. The smallest absolute Gasteiger partial charge is 0.0942 e. The summed E-state index contributed by atoms with van der Waals surface area (Å²) in [5.74, 6) is 0. The Balaban J connectivity index is 2.70. The van der Waals surface area contributed by atoms with Crippen molar-refractivity contribution in [2.75, 3.05) is 18.5 Å². The Bertz CT molecular complexity index is 318. The van der Waals surface area contributed by atoms with E-state index in [4.69, 9.17) is 5.11 Å². The van der Waals surface area contributed by atoms with Crippen molar-refractivity contribution in [3.63, 3.8) is 0 Å². The average Bonchev–Trinajstić information content (AvgIpc) is 2.22. The van der Waals surface area contributed by atoms with Crippen molar-refractivity contribution in [1.82, 2.24) is 0 Å². The second kappa shape index (κ2) is 5.49. The molecule has 4 heteroatoms. The lowest BCUT2D eigenvalue weighted by Crippen LogP contribution is -2.22. The molecule has 0 heterocycles. The lowest BCUT2D eigenvalue weighted by Gasteiger charge is -2.12. The van der Waals surface area contributed by atoms with Gasteiger partial charge in [0.25, 0.3) is 0 Å². The monoisotopic (exact) mass is 273 g/mol. The predicted octanol–water partition coefficient (Wildman–Crippen LogP) is 1.83. The van der Waals surface area contributed by atoms with Gasteiger partial charge in [-0.1, -0.05) is 15.9 Å². The maximum absolute atomic E-state index is 9.19. The van der Waals surface area contributed by atoms with Crippen molar-refractivity contribution in [2.45, 2.75) is 20.0 Å². The number of aliphatic hydroxyl groups is 2. The molecule has 1 aromatic rings. The lowest BCUT2D eigenvalue weighted by molar-refractivity contribution is 0.105. The number of aliphatic hydroxyl groups excluding tert-OH is 2. The Morgan fingerprint density at radius 1 is 1.33 bits per heavy atom. The van der Waals surface area contributed by atoms with E-state index in [0.29, 0.717) is 6.54 Å². The molecule has 3 nitrogen and oxygen atoms in total. The van der Waals surface area contributed by atoms with E-state index in [1.807, 2.05) is 26.0 Å². The highest BCUT2D eigenvalue weighted by molar-refractivity contribution is 9.10. The molecule has 0 saturated carbocycles. The molecule has 84 valence electrons. The van der Waals surface area contributed by atoms with Crippen LogP contribution in [0.5, 0.6) is 0 Å². The zero-order valence-electron chi connectivity index (χ0n) is 8.92. The molecule has 1 unspecified atom stereocenters.